The van der Waals surface area contributed by atoms with E-state index in [4.69, 9.17) is 21.7 Å². The second-order valence-electron chi connectivity index (χ2n) is 9.17. The van der Waals surface area contributed by atoms with Crippen molar-refractivity contribution in [3.05, 3.63) is 68.1 Å². The summed E-state index contributed by atoms with van der Waals surface area (Å²) in [5, 5.41) is 16.1. The van der Waals surface area contributed by atoms with Crippen molar-refractivity contribution in [1.82, 2.24) is 29.2 Å². The van der Waals surface area contributed by atoms with Gasteiger partial charge < -0.3 is 25.2 Å². The highest BCUT2D eigenvalue weighted by Crippen LogP contribution is 2.18. The van der Waals surface area contributed by atoms with E-state index in [0.29, 0.717) is 17.5 Å². The smallest absolute Gasteiger partial charge is 0.333 e. The van der Waals surface area contributed by atoms with Gasteiger partial charge in [-0.1, -0.05) is 6.08 Å². The molecule has 2 atom stereocenters. The first kappa shape index (κ1) is 29.5. The van der Waals surface area contributed by atoms with Crippen molar-refractivity contribution in [2.45, 2.75) is 18.9 Å². The maximum Gasteiger partial charge on any atom is 0.333 e. The number of ether oxygens (including phenoxy) is 2. The Bertz CT molecular complexity index is 1230. The molecule has 0 aromatic carbocycles. The fourth-order valence-electron chi connectivity index (χ4n) is 4.31. The van der Waals surface area contributed by atoms with Crippen molar-refractivity contribution in [1.29, 1.82) is 0 Å². The van der Waals surface area contributed by atoms with E-state index in [1.54, 1.807) is 18.3 Å². The lowest BCUT2D eigenvalue weighted by Crippen LogP contribution is -2.49. The molecule has 0 amide bonds. The number of aliphatic hydroxyl groups excluding tert-OH is 1. The lowest BCUT2D eigenvalue weighted by atomic mass is 10.3. The highest BCUT2D eigenvalue weighted by Gasteiger charge is 2.22. The third-order valence-electron chi connectivity index (χ3n) is 6.51. The summed E-state index contributed by atoms with van der Waals surface area (Å²) in [6.45, 7) is 7.02. The van der Waals surface area contributed by atoms with Gasteiger partial charge in [0.05, 0.1) is 26.4 Å². The molecule has 39 heavy (non-hydrogen) atoms. The van der Waals surface area contributed by atoms with E-state index in [1.165, 1.54) is 16.8 Å². The van der Waals surface area contributed by atoms with Gasteiger partial charge in [-0.15, -0.1) is 0 Å². The molecule has 2 unspecified atom stereocenters. The number of halogens is 1. The molecule has 0 aliphatic carbocycles. The molecule has 0 saturated carbocycles. The van der Waals surface area contributed by atoms with Gasteiger partial charge in [0.15, 0.2) is 11.3 Å². The van der Waals surface area contributed by atoms with Crippen LogP contribution in [0.3, 0.4) is 0 Å². The molecule has 12 nitrogen and oxygen atoms in total. The fraction of sp³-hybridized carbons (Fsp3) is 0.520. The van der Waals surface area contributed by atoms with Crippen LogP contribution in [0.1, 0.15) is 6.23 Å². The van der Waals surface area contributed by atoms with Crippen LogP contribution in [0.25, 0.3) is 0 Å². The monoisotopic (exact) mass is 623 g/mol. The summed E-state index contributed by atoms with van der Waals surface area (Å²) in [6, 6.07) is 5.10. The lowest BCUT2D eigenvalue weighted by Gasteiger charge is -2.34. The summed E-state index contributed by atoms with van der Waals surface area (Å²) in [5.41, 5.74) is -0.848. The Morgan fingerprint density at radius 1 is 1.10 bits per heavy atom. The third kappa shape index (κ3) is 8.76. The van der Waals surface area contributed by atoms with Crippen LogP contribution in [0.2, 0.25) is 0 Å². The average molecular weight is 625 g/mol. The molecule has 4 heterocycles. The molecule has 2 aliphatic heterocycles. The van der Waals surface area contributed by atoms with Crippen LogP contribution in [-0.4, -0.2) is 106 Å². The van der Waals surface area contributed by atoms with Crippen LogP contribution in [0.5, 0.6) is 0 Å². The number of piperazine rings is 1. The Kier molecular flexibility index (Phi) is 11.2. The van der Waals surface area contributed by atoms with Gasteiger partial charge in [-0.2, -0.15) is 0 Å². The molecule has 14 heteroatoms. The third-order valence-corrected chi connectivity index (χ3v) is 7.23. The van der Waals surface area contributed by atoms with E-state index in [1.807, 2.05) is 12.1 Å². The molecule has 1 fully saturated rings. The normalized spacial score (nSPS) is 19.8. The zero-order valence-electron chi connectivity index (χ0n) is 21.6. The predicted molar refractivity (Wildman–Crippen MR) is 155 cm³/mol. The first-order valence-corrected chi connectivity index (χ1v) is 14.1. The van der Waals surface area contributed by atoms with Crippen LogP contribution in [0.15, 0.2) is 56.8 Å². The van der Waals surface area contributed by atoms with E-state index in [-0.39, 0.29) is 25.3 Å². The first-order valence-electron chi connectivity index (χ1n) is 12.9. The molecule has 0 spiro atoms. The summed E-state index contributed by atoms with van der Waals surface area (Å²) in [5.74, 6) is 0.701. The number of hydrogen-bond acceptors (Lipinski definition) is 9. The maximum absolute atomic E-state index is 12.8. The topological polar surface area (TPSA) is 126 Å². The molecule has 2 aromatic heterocycles. The van der Waals surface area contributed by atoms with E-state index < -0.39 is 18.0 Å². The van der Waals surface area contributed by atoms with E-state index in [0.717, 1.165) is 54.9 Å². The zero-order chi connectivity index (χ0) is 27.6. The molecule has 4 rings (SSSR count). The molecule has 2 aliphatic rings. The van der Waals surface area contributed by atoms with Gasteiger partial charge >= 0.3 is 5.69 Å². The second kappa shape index (κ2) is 14.8. The molecule has 0 radical (unpaired) electrons. The number of aliphatic hydroxyl groups is 1. The molecular weight excluding hydrogens is 590 g/mol. The van der Waals surface area contributed by atoms with Gasteiger partial charge in [0.2, 0.25) is 0 Å². The summed E-state index contributed by atoms with van der Waals surface area (Å²) in [7, 11) is 0. The fourth-order valence-corrected chi connectivity index (χ4v) is 4.75. The Balaban J connectivity index is 1.09. The number of anilines is 1. The van der Waals surface area contributed by atoms with E-state index in [9.17, 15) is 14.7 Å². The number of nitrogens with one attached hydrogen (secondary N) is 2. The number of aromatic nitrogens is 3. The van der Waals surface area contributed by atoms with Crippen molar-refractivity contribution in [3.63, 3.8) is 0 Å². The quantitative estimate of drug-likeness (QED) is 0.171. The zero-order valence-corrected chi connectivity index (χ0v) is 24.0. The predicted octanol–water partition coefficient (Wildman–Crippen LogP) is 0.234. The van der Waals surface area contributed by atoms with Gasteiger partial charge in [-0.3, -0.25) is 23.7 Å². The van der Waals surface area contributed by atoms with Crippen molar-refractivity contribution < 1.29 is 14.6 Å². The average Bonchev–Trinajstić information content (AvgIpc) is 3.41. The van der Waals surface area contributed by atoms with Crippen LogP contribution in [-0.2, 0) is 16.0 Å². The highest BCUT2D eigenvalue weighted by atomic mass is 79.9. The number of thiocarbonyl (C=S) groups is 1. The van der Waals surface area contributed by atoms with Crippen molar-refractivity contribution in [3.8, 4) is 0 Å². The van der Waals surface area contributed by atoms with E-state index in [2.05, 4.69) is 41.3 Å². The van der Waals surface area contributed by atoms with Crippen molar-refractivity contribution in [2.75, 3.05) is 71.0 Å². The number of hydrogen-bond donors (Lipinski definition) is 3. The van der Waals surface area contributed by atoms with Gasteiger partial charge in [-0.25, -0.2) is 9.78 Å². The van der Waals surface area contributed by atoms with Gasteiger partial charge in [0, 0.05) is 68.7 Å². The molecule has 212 valence electrons. The minimum atomic E-state index is -0.639. The van der Waals surface area contributed by atoms with Crippen molar-refractivity contribution in [2.24, 2.45) is 0 Å². The minimum absolute atomic E-state index is 0.160. The second-order valence-corrected chi connectivity index (χ2v) is 10.5. The van der Waals surface area contributed by atoms with E-state index >= 15 is 0 Å². The van der Waals surface area contributed by atoms with Crippen LogP contribution >= 0.6 is 28.1 Å². The van der Waals surface area contributed by atoms with Crippen LogP contribution in [0, 0.1) is 0 Å². The molecular formula is C25H34BrN7O5S. The number of nitrogens with zero attached hydrogens (tertiary/aromatic N) is 5. The standard InChI is InChI=1S/C25H34BrN7O5S/c26-19-1-3-21(28-17-19)29-24(39)27-6-8-30-9-11-31(12-10-30)13-15-37-16-14-32-22(35)5-7-33(25(32)36)23-4-2-20(18-34)38-23/h1-5,7,17,20,23,34H,6,8-16,18H2,(H2,27,28,29,39). The summed E-state index contributed by atoms with van der Waals surface area (Å²) in [4.78, 5) is 34.0. The Labute approximate surface area is 240 Å². The first-order chi connectivity index (χ1) is 18.9. The van der Waals surface area contributed by atoms with Crippen LogP contribution < -0.4 is 21.9 Å². The SMILES string of the molecule is O=c1ccn(C2C=CC(CO)O2)c(=O)n1CCOCCN1CCN(CCNC(=S)Nc2ccc(Br)cn2)CC1. The Hall–Kier alpha value is -2.46. The summed E-state index contributed by atoms with van der Waals surface area (Å²) in [6.07, 6.45) is 5.43. The molecule has 3 N–H and O–H groups in total. The summed E-state index contributed by atoms with van der Waals surface area (Å²) >= 11 is 8.70. The number of rotatable bonds is 12. The molecule has 0 bridgehead atoms. The van der Waals surface area contributed by atoms with Crippen LogP contribution in [0.4, 0.5) is 5.82 Å². The Morgan fingerprint density at radius 3 is 2.54 bits per heavy atom. The van der Waals surface area contributed by atoms with Gasteiger partial charge in [0.25, 0.3) is 5.56 Å². The summed E-state index contributed by atoms with van der Waals surface area (Å²) < 4.78 is 14.7. The largest absolute Gasteiger partial charge is 0.393 e. The minimum Gasteiger partial charge on any atom is -0.393 e. The van der Waals surface area contributed by atoms with Gasteiger partial charge in [-0.05, 0) is 46.4 Å². The number of pyridine rings is 1. The lowest BCUT2D eigenvalue weighted by molar-refractivity contribution is -0.0112. The highest BCUT2D eigenvalue weighted by molar-refractivity contribution is 9.10. The molecule has 2 aromatic rings. The Morgan fingerprint density at radius 2 is 1.85 bits per heavy atom. The maximum atomic E-state index is 12.8. The van der Waals surface area contributed by atoms with Crippen molar-refractivity contribution >= 4 is 39.1 Å². The molecule has 1 saturated heterocycles. The van der Waals surface area contributed by atoms with Gasteiger partial charge in [0.1, 0.15) is 11.9 Å².